The van der Waals surface area contributed by atoms with E-state index in [0.29, 0.717) is 6.61 Å². The Kier molecular flexibility index (Phi) is 7.54. The van der Waals surface area contributed by atoms with Gasteiger partial charge in [-0.3, -0.25) is 9.69 Å². The maximum Gasteiger partial charge on any atom is 0.169 e. The second kappa shape index (κ2) is 11.1. The summed E-state index contributed by atoms with van der Waals surface area (Å²) in [7, 11) is 1.66. The van der Waals surface area contributed by atoms with E-state index < -0.39 is 0 Å². The summed E-state index contributed by atoms with van der Waals surface area (Å²) in [5.74, 6) is 3.18. The van der Waals surface area contributed by atoms with Gasteiger partial charge in [0, 0.05) is 17.5 Å². The summed E-state index contributed by atoms with van der Waals surface area (Å²) in [4.78, 5) is 15.1. The van der Waals surface area contributed by atoms with E-state index in [1.165, 1.54) is 43.7 Å². The van der Waals surface area contributed by atoms with Gasteiger partial charge in [0.1, 0.15) is 29.6 Å². The molecule has 186 valence electrons. The molecule has 1 saturated heterocycles. The van der Waals surface area contributed by atoms with E-state index in [9.17, 15) is 4.79 Å². The number of ether oxygens (including phenoxy) is 3. The van der Waals surface area contributed by atoms with Crippen LogP contribution in [0.4, 0.5) is 0 Å². The molecule has 1 aliphatic rings. The Morgan fingerprint density at radius 2 is 1.67 bits per heavy atom. The van der Waals surface area contributed by atoms with Crippen LogP contribution in [0.5, 0.6) is 23.0 Å². The van der Waals surface area contributed by atoms with Crippen molar-refractivity contribution < 1.29 is 19.0 Å². The van der Waals surface area contributed by atoms with Crippen molar-refractivity contribution in [2.75, 3.05) is 33.4 Å². The van der Waals surface area contributed by atoms with Crippen LogP contribution in [0.25, 0.3) is 21.9 Å². The van der Waals surface area contributed by atoms with Crippen molar-refractivity contribution >= 4 is 27.9 Å². The first kappa shape index (κ1) is 24.3. The number of methoxy groups -OCH3 is 1. The van der Waals surface area contributed by atoms with Crippen LogP contribution in [-0.4, -0.2) is 44.0 Å². The van der Waals surface area contributed by atoms with Gasteiger partial charge in [-0.2, -0.15) is 0 Å². The Morgan fingerprint density at radius 3 is 2.39 bits per heavy atom. The molecule has 6 heteroatoms. The lowest BCUT2D eigenvalue weighted by Crippen LogP contribution is -2.33. The van der Waals surface area contributed by atoms with Crippen molar-refractivity contribution in [2.24, 2.45) is 0 Å². The molecule has 0 aliphatic carbocycles. The normalized spacial score (nSPS) is 14.1. The Labute approximate surface area is 216 Å². The number of thiophene rings is 1. The molecule has 0 spiro atoms. The first-order valence-corrected chi connectivity index (χ1v) is 13.3. The molecular formula is C30H31NO4S. The topological polar surface area (TPSA) is 48.0 Å². The highest BCUT2D eigenvalue weighted by molar-refractivity contribution is 7.12. The monoisotopic (exact) mass is 501 g/mol. The van der Waals surface area contributed by atoms with Crippen molar-refractivity contribution in [3.63, 3.8) is 0 Å². The molecule has 5 nitrogen and oxygen atoms in total. The predicted molar refractivity (Wildman–Crippen MR) is 146 cm³/mol. The van der Waals surface area contributed by atoms with Crippen molar-refractivity contribution in [3.8, 4) is 34.1 Å². The average molecular weight is 502 g/mol. The number of piperidine rings is 1. The Bertz CT molecular complexity index is 1340. The number of benzene rings is 3. The molecule has 1 fully saturated rings. The number of carbonyl (C=O) groups excluding carboxylic acids is 1. The molecule has 5 rings (SSSR count). The maximum absolute atomic E-state index is 11.9. The highest BCUT2D eigenvalue weighted by Gasteiger charge is 2.16. The van der Waals surface area contributed by atoms with E-state index >= 15 is 0 Å². The molecule has 1 aliphatic heterocycles. The fraction of sp³-hybridized carbons (Fsp3) is 0.300. The van der Waals surface area contributed by atoms with Gasteiger partial charge >= 0.3 is 0 Å². The summed E-state index contributed by atoms with van der Waals surface area (Å²) in [5.41, 5.74) is 1.91. The molecule has 2 heterocycles. The zero-order valence-electron chi connectivity index (χ0n) is 20.8. The number of likely N-dealkylation sites (tertiary alicyclic amines) is 1. The number of ketones is 1. The fourth-order valence-corrected chi connectivity index (χ4v) is 5.41. The molecule has 0 amide bonds. The molecule has 4 aromatic rings. The summed E-state index contributed by atoms with van der Waals surface area (Å²) in [6, 6.07) is 19.8. The third kappa shape index (κ3) is 5.55. The Morgan fingerprint density at radius 1 is 0.917 bits per heavy atom. The minimum Gasteiger partial charge on any atom is -0.497 e. The van der Waals surface area contributed by atoms with E-state index in [4.69, 9.17) is 14.2 Å². The number of hydrogen-bond donors (Lipinski definition) is 0. The molecule has 0 saturated carbocycles. The van der Waals surface area contributed by atoms with Gasteiger partial charge in [0.05, 0.1) is 12.0 Å². The smallest absolute Gasteiger partial charge is 0.169 e. The number of hydrogen-bond acceptors (Lipinski definition) is 6. The van der Waals surface area contributed by atoms with E-state index in [2.05, 4.69) is 11.0 Å². The molecule has 0 radical (unpaired) electrons. The third-order valence-corrected chi connectivity index (χ3v) is 7.63. The molecule has 36 heavy (non-hydrogen) atoms. The van der Waals surface area contributed by atoms with Gasteiger partial charge in [-0.25, -0.2) is 0 Å². The molecule has 3 aromatic carbocycles. The van der Waals surface area contributed by atoms with Gasteiger partial charge in [-0.1, -0.05) is 12.5 Å². The van der Waals surface area contributed by atoms with Crippen molar-refractivity contribution in [3.05, 3.63) is 70.9 Å². The highest BCUT2D eigenvalue weighted by Crippen LogP contribution is 2.42. The average Bonchev–Trinajstić information content (AvgIpc) is 3.41. The minimum absolute atomic E-state index is 0.0649. The van der Waals surface area contributed by atoms with Crippen LogP contribution in [0.2, 0.25) is 0 Å². The van der Waals surface area contributed by atoms with Crippen LogP contribution in [-0.2, 0) is 0 Å². The van der Waals surface area contributed by atoms with Gasteiger partial charge in [-0.05, 0) is 104 Å². The Hall–Kier alpha value is -3.35. The predicted octanol–water partition coefficient (Wildman–Crippen LogP) is 7.44. The quantitative estimate of drug-likeness (QED) is 0.223. The van der Waals surface area contributed by atoms with Crippen LogP contribution in [0, 0.1) is 0 Å². The van der Waals surface area contributed by atoms with E-state index in [1.807, 2.05) is 60.0 Å². The summed E-state index contributed by atoms with van der Waals surface area (Å²) >= 11 is 1.45. The summed E-state index contributed by atoms with van der Waals surface area (Å²) < 4.78 is 17.9. The van der Waals surface area contributed by atoms with Gasteiger partial charge < -0.3 is 14.2 Å². The van der Waals surface area contributed by atoms with Gasteiger partial charge in [0.25, 0.3) is 0 Å². The fourth-order valence-electron chi connectivity index (χ4n) is 4.60. The maximum atomic E-state index is 11.9. The van der Waals surface area contributed by atoms with Crippen LogP contribution in [0.15, 0.2) is 66.0 Å². The molecule has 0 bridgehead atoms. The van der Waals surface area contributed by atoms with E-state index in [1.54, 1.807) is 14.0 Å². The van der Waals surface area contributed by atoms with Crippen LogP contribution in [0.3, 0.4) is 0 Å². The Balaban J connectivity index is 1.38. The lowest BCUT2D eigenvalue weighted by molar-refractivity contribution is 0.102. The standard InChI is InChI=1S/C30H31NO4S/c1-21(32)29-19-23(20-36-29)28-12-6-22-18-26(33-2)11-13-27(22)30(28)35-25-9-7-24(8-10-25)34-17-16-31-14-4-3-5-15-31/h6-13,18-20H,3-5,14-17H2,1-2H3. The SMILES string of the molecule is COc1ccc2c(Oc3ccc(OCCN4CCCCC4)cc3)c(-c3csc(C(C)=O)c3)ccc2c1. The lowest BCUT2D eigenvalue weighted by atomic mass is 10.0. The van der Waals surface area contributed by atoms with E-state index in [0.717, 1.165) is 56.3 Å². The second-order valence-corrected chi connectivity index (χ2v) is 10.0. The summed E-state index contributed by atoms with van der Waals surface area (Å²) in [6.45, 7) is 5.59. The van der Waals surface area contributed by atoms with Gasteiger partial charge in [0.2, 0.25) is 0 Å². The molecule has 0 N–H and O–H groups in total. The third-order valence-electron chi connectivity index (χ3n) is 6.60. The number of nitrogens with zero attached hydrogens (tertiary/aromatic N) is 1. The first-order chi connectivity index (χ1) is 17.6. The number of carbonyl (C=O) groups is 1. The van der Waals surface area contributed by atoms with Crippen LogP contribution in [0.1, 0.15) is 35.9 Å². The summed E-state index contributed by atoms with van der Waals surface area (Å²) in [6.07, 6.45) is 3.92. The van der Waals surface area contributed by atoms with Crippen LogP contribution >= 0.6 is 11.3 Å². The van der Waals surface area contributed by atoms with Crippen molar-refractivity contribution in [1.29, 1.82) is 0 Å². The minimum atomic E-state index is 0.0649. The first-order valence-electron chi connectivity index (χ1n) is 12.4. The number of Topliss-reactive ketones (excluding diaryl/α,β-unsaturated/α-hetero) is 1. The molecule has 1 aromatic heterocycles. The molecule has 0 unspecified atom stereocenters. The van der Waals surface area contributed by atoms with Crippen molar-refractivity contribution in [2.45, 2.75) is 26.2 Å². The van der Waals surface area contributed by atoms with Gasteiger partial charge in [-0.15, -0.1) is 11.3 Å². The second-order valence-electron chi connectivity index (χ2n) is 9.11. The molecular weight excluding hydrogens is 470 g/mol. The van der Waals surface area contributed by atoms with Crippen molar-refractivity contribution in [1.82, 2.24) is 4.90 Å². The lowest BCUT2D eigenvalue weighted by Gasteiger charge is -2.26. The number of rotatable bonds is 9. The van der Waals surface area contributed by atoms with E-state index in [-0.39, 0.29) is 5.78 Å². The van der Waals surface area contributed by atoms with Gasteiger partial charge in [0.15, 0.2) is 5.78 Å². The van der Waals surface area contributed by atoms with Crippen LogP contribution < -0.4 is 14.2 Å². The largest absolute Gasteiger partial charge is 0.497 e. The highest BCUT2D eigenvalue weighted by atomic mass is 32.1. The zero-order valence-corrected chi connectivity index (χ0v) is 21.6. The zero-order chi connectivity index (χ0) is 24.9. The molecule has 0 atom stereocenters. The summed E-state index contributed by atoms with van der Waals surface area (Å²) in [5, 5.41) is 4.01. The number of fused-ring (bicyclic) bond motifs is 1.